The van der Waals surface area contributed by atoms with Crippen LogP contribution in [0.25, 0.3) is 21.9 Å². The van der Waals surface area contributed by atoms with Gasteiger partial charge < -0.3 is 14.5 Å². The van der Waals surface area contributed by atoms with E-state index in [0.717, 1.165) is 49.3 Å². The molecule has 0 spiro atoms. The van der Waals surface area contributed by atoms with E-state index in [1.54, 1.807) is 0 Å². The molecule has 1 saturated heterocycles. The minimum atomic E-state index is 0.383. The van der Waals surface area contributed by atoms with Crippen LogP contribution in [-0.2, 0) is 6.54 Å². The fraction of sp³-hybridized carbons (Fsp3) is 0.320. The molecule has 30 heavy (non-hydrogen) atoms. The van der Waals surface area contributed by atoms with Crippen LogP contribution in [0.3, 0.4) is 0 Å². The summed E-state index contributed by atoms with van der Waals surface area (Å²) in [6.07, 6.45) is 2.13. The number of ether oxygens (including phenoxy) is 1. The number of piperidine rings is 1. The third-order valence-corrected chi connectivity index (χ3v) is 5.89. The first kappa shape index (κ1) is 18.9. The second-order valence-corrected chi connectivity index (χ2v) is 7.88. The monoisotopic (exact) mass is 401 g/mol. The first-order valence-electron chi connectivity index (χ1n) is 10.8. The Kier molecular flexibility index (Phi) is 5.28. The SMILES string of the molecule is CCOc1ccc2ccccc2c1CN1CCC(Nc2nc3ccccc3o2)CC1. The number of anilines is 1. The minimum absolute atomic E-state index is 0.383. The minimum Gasteiger partial charge on any atom is -0.494 e. The summed E-state index contributed by atoms with van der Waals surface area (Å²) in [5.74, 6) is 1.00. The first-order valence-corrected chi connectivity index (χ1v) is 10.8. The number of para-hydroxylation sites is 2. The average molecular weight is 402 g/mol. The lowest BCUT2D eigenvalue weighted by Gasteiger charge is -2.32. The number of fused-ring (bicyclic) bond motifs is 2. The summed E-state index contributed by atoms with van der Waals surface area (Å²) < 4.78 is 11.8. The number of benzene rings is 3. The largest absolute Gasteiger partial charge is 0.494 e. The van der Waals surface area contributed by atoms with Gasteiger partial charge in [-0.25, -0.2) is 0 Å². The van der Waals surface area contributed by atoms with Crippen LogP contribution in [0.4, 0.5) is 6.01 Å². The van der Waals surface area contributed by atoms with Gasteiger partial charge in [-0.1, -0.05) is 42.5 Å². The van der Waals surface area contributed by atoms with Crippen molar-refractivity contribution >= 4 is 27.9 Å². The first-order chi connectivity index (χ1) is 14.8. The maximum absolute atomic E-state index is 5.96. The van der Waals surface area contributed by atoms with E-state index in [2.05, 4.69) is 51.6 Å². The number of hydrogen-bond acceptors (Lipinski definition) is 5. The number of nitrogens with zero attached hydrogens (tertiary/aromatic N) is 2. The van der Waals surface area contributed by atoms with Crippen LogP contribution in [0, 0.1) is 0 Å². The zero-order valence-corrected chi connectivity index (χ0v) is 17.3. The Bertz CT molecular complexity index is 1110. The summed E-state index contributed by atoms with van der Waals surface area (Å²) in [6.45, 7) is 5.70. The molecule has 2 heterocycles. The van der Waals surface area contributed by atoms with Gasteiger partial charge in [0.25, 0.3) is 6.01 Å². The maximum atomic E-state index is 5.96. The predicted octanol–water partition coefficient (Wildman–Crippen LogP) is 5.46. The fourth-order valence-electron chi connectivity index (χ4n) is 4.34. The zero-order valence-electron chi connectivity index (χ0n) is 17.3. The number of likely N-dealkylation sites (tertiary alicyclic amines) is 1. The third-order valence-electron chi connectivity index (χ3n) is 5.89. The van der Waals surface area contributed by atoms with E-state index in [-0.39, 0.29) is 0 Å². The van der Waals surface area contributed by atoms with Gasteiger partial charge in [0.1, 0.15) is 11.3 Å². The molecule has 0 unspecified atom stereocenters. The molecule has 1 fully saturated rings. The Morgan fingerprint density at radius 3 is 2.67 bits per heavy atom. The van der Waals surface area contributed by atoms with E-state index < -0.39 is 0 Å². The van der Waals surface area contributed by atoms with Gasteiger partial charge in [-0.3, -0.25) is 4.90 Å². The van der Waals surface area contributed by atoms with Crippen molar-refractivity contribution in [3.05, 3.63) is 66.2 Å². The van der Waals surface area contributed by atoms with Crippen LogP contribution >= 0.6 is 0 Å². The summed E-state index contributed by atoms with van der Waals surface area (Å²) in [5, 5.41) is 6.04. The summed E-state index contributed by atoms with van der Waals surface area (Å²) in [5.41, 5.74) is 3.02. The quantitative estimate of drug-likeness (QED) is 0.465. The Morgan fingerprint density at radius 2 is 1.83 bits per heavy atom. The molecule has 1 aliphatic heterocycles. The molecule has 5 rings (SSSR count). The lowest BCUT2D eigenvalue weighted by Crippen LogP contribution is -2.38. The average Bonchev–Trinajstić information content (AvgIpc) is 3.19. The number of rotatable bonds is 6. The molecule has 0 saturated carbocycles. The van der Waals surface area contributed by atoms with Crippen molar-refractivity contribution in [3.63, 3.8) is 0 Å². The second-order valence-electron chi connectivity index (χ2n) is 7.88. The molecular weight excluding hydrogens is 374 g/mol. The Labute approximate surface area is 176 Å². The van der Waals surface area contributed by atoms with E-state index in [4.69, 9.17) is 9.15 Å². The van der Waals surface area contributed by atoms with Gasteiger partial charge in [0.15, 0.2) is 5.58 Å². The van der Waals surface area contributed by atoms with Crippen molar-refractivity contribution < 1.29 is 9.15 Å². The van der Waals surface area contributed by atoms with Crippen molar-refractivity contribution in [2.75, 3.05) is 25.0 Å². The second kappa shape index (κ2) is 8.36. The van der Waals surface area contributed by atoms with Crippen molar-refractivity contribution in [1.82, 2.24) is 9.88 Å². The lowest BCUT2D eigenvalue weighted by molar-refractivity contribution is 0.207. The van der Waals surface area contributed by atoms with Gasteiger partial charge in [0.2, 0.25) is 0 Å². The summed E-state index contributed by atoms with van der Waals surface area (Å²) in [6, 6.07) is 21.7. The highest BCUT2D eigenvalue weighted by Gasteiger charge is 2.22. The van der Waals surface area contributed by atoms with Gasteiger partial charge in [0.05, 0.1) is 6.61 Å². The highest BCUT2D eigenvalue weighted by Crippen LogP contribution is 2.30. The molecule has 5 nitrogen and oxygen atoms in total. The number of aromatic nitrogens is 1. The van der Waals surface area contributed by atoms with E-state index in [9.17, 15) is 0 Å². The van der Waals surface area contributed by atoms with E-state index >= 15 is 0 Å². The fourth-order valence-corrected chi connectivity index (χ4v) is 4.34. The number of oxazole rings is 1. The molecule has 5 heteroatoms. The van der Waals surface area contributed by atoms with Gasteiger partial charge in [-0.15, -0.1) is 0 Å². The van der Waals surface area contributed by atoms with Crippen molar-refractivity contribution in [1.29, 1.82) is 0 Å². The van der Waals surface area contributed by atoms with Crippen LogP contribution in [0.2, 0.25) is 0 Å². The number of nitrogens with one attached hydrogen (secondary N) is 1. The van der Waals surface area contributed by atoms with Crippen LogP contribution in [0.5, 0.6) is 5.75 Å². The van der Waals surface area contributed by atoms with Crippen LogP contribution in [-0.4, -0.2) is 35.6 Å². The van der Waals surface area contributed by atoms with E-state index in [1.165, 1.54) is 16.3 Å². The molecule has 1 aromatic heterocycles. The van der Waals surface area contributed by atoms with Crippen LogP contribution in [0.1, 0.15) is 25.3 Å². The lowest BCUT2D eigenvalue weighted by atomic mass is 10.0. The Hall–Kier alpha value is -3.05. The van der Waals surface area contributed by atoms with Gasteiger partial charge >= 0.3 is 0 Å². The van der Waals surface area contributed by atoms with Crippen molar-refractivity contribution in [2.45, 2.75) is 32.4 Å². The molecule has 1 N–H and O–H groups in total. The topological polar surface area (TPSA) is 50.5 Å². The van der Waals surface area contributed by atoms with Crippen molar-refractivity contribution in [2.24, 2.45) is 0 Å². The molecule has 0 aliphatic carbocycles. The number of hydrogen-bond donors (Lipinski definition) is 1. The molecule has 4 aromatic rings. The molecule has 154 valence electrons. The standard InChI is InChI=1S/C25H27N3O2/c1-2-29-23-12-11-18-7-3-4-8-20(18)21(23)17-28-15-13-19(14-16-28)26-25-27-22-9-5-6-10-24(22)30-25/h3-12,19H,2,13-17H2,1H3,(H,26,27). The predicted molar refractivity (Wildman–Crippen MR) is 121 cm³/mol. The Morgan fingerprint density at radius 1 is 1.03 bits per heavy atom. The maximum Gasteiger partial charge on any atom is 0.295 e. The summed E-state index contributed by atoms with van der Waals surface area (Å²) in [4.78, 5) is 7.07. The van der Waals surface area contributed by atoms with E-state index in [1.807, 2.05) is 31.2 Å². The van der Waals surface area contributed by atoms with Crippen LogP contribution in [0.15, 0.2) is 65.1 Å². The van der Waals surface area contributed by atoms with Crippen molar-refractivity contribution in [3.8, 4) is 5.75 Å². The smallest absolute Gasteiger partial charge is 0.295 e. The van der Waals surface area contributed by atoms with Gasteiger partial charge in [0, 0.05) is 31.2 Å². The third kappa shape index (κ3) is 3.85. The molecule has 1 aliphatic rings. The summed E-state index contributed by atoms with van der Waals surface area (Å²) in [7, 11) is 0. The molecular formula is C25H27N3O2. The normalized spacial score (nSPS) is 15.6. The highest BCUT2D eigenvalue weighted by atomic mass is 16.5. The van der Waals surface area contributed by atoms with Crippen LogP contribution < -0.4 is 10.1 Å². The van der Waals surface area contributed by atoms with E-state index in [0.29, 0.717) is 18.7 Å². The molecule has 0 atom stereocenters. The molecule has 0 radical (unpaired) electrons. The molecule has 3 aromatic carbocycles. The highest BCUT2D eigenvalue weighted by molar-refractivity contribution is 5.87. The Balaban J connectivity index is 1.26. The zero-order chi connectivity index (χ0) is 20.3. The molecule has 0 amide bonds. The summed E-state index contributed by atoms with van der Waals surface area (Å²) >= 11 is 0. The van der Waals surface area contributed by atoms with Gasteiger partial charge in [-0.05, 0) is 48.7 Å². The van der Waals surface area contributed by atoms with Gasteiger partial charge in [-0.2, -0.15) is 4.98 Å². The molecule has 0 bridgehead atoms.